The first-order chi connectivity index (χ1) is 12.5. The summed E-state index contributed by atoms with van der Waals surface area (Å²) in [7, 11) is 0. The van der Waals surface area contributed by atoms with Crippen LogP contribution in [0, 0.1) is 6.92 Å². The number of hydrogen-bond acceptors (Lipinski definition) is 2. The molecule has 26 heavy (non-hydrogen) atoms. The summed E-state index contributed by atoms with van der Waals surface area (Å²) in [6.45, 7) is 2.02. The highest BCUT2D eigenvalue weighted by molar-refractivity contribution is 9.11. The lowest BCUT2D eigenvalue weighted by Crippen LogP contribution is -2.17. The highest BCUT2D eigenvalue weighted by atomic mass is 79.9. The summed E-state index contributed by atoms with van der Waals surface area (Å²) in [4.78, 5) is 12.0. The molecule has 3 nitrogen and oxygen atoms in total. The number of fused-ring (bicyclic) bond motifs is 1. The molecule has 0 fully saturated rings. The van der Waals surface area contributed by atoms with Gasteiger partial charge in [-0.2, -0.15) is 5.10 Å². The van der Waals surface area contributed by atoms with Crippen LogP contribution in [0.25, 0.3) is 10.8 Å². The van der Waals surface area contributed by atoms with Crippen molar-refractivity contribution in [1.82, 2.24) is 5.43 Å². The number of rotatable bonds is 5. The molecule has 0 saturated carbocycles. The van der Waals surface area contributed by atoms with Crippen LogP contribution in [0.2, 0.25) is 0 Å². The molecule has 0 aliphatic heterocycles. The number of carbonyl (C=O) groups excluding carboxylic acids is 1. The van der Waals surface area contributed by atoms with Crippen LogP contribution in [0.5, 0.6) is 0 Å². The molecular weight excluding hydrogens is 456 g/mol. The van der Waals surface area contributed by atoms with E-state index in [1.807, 2.05) is 31.2 Å². The van der Waals surface area contributed by atoms with Gasteiger partial charge in [-0.15, -0.1) is 0 Å². The molecule has 132 valence electrons. The van der Waals surface area contributed by atoms with Crippen LogP contribution in [0.4, 0.5) is 0 Å². The first-order valence-corrected chi connectivity index (χ1v) is 9.87. The van der Waals surface area contributed by atoms with Gasteiger partial charge in [-0.05, 0) is 52.9 Å². The Bertz CT molecular complexity index is 960. The van der Waals surface area contributed by atoms with Crippen molar-refractivity contribution in [2.75, 3.05) is 0 Å². The largest absolute Gasteiger partial charge is 0.273 e. The SMILES string of the molecule is Cc1c(Br)cc(/C=N/NC(=O)CCc2ccc3ccccc3c2)cc1Br. The number of nitrogens with one attached hydrogen (secondary N) is 1. The van der Waals surface area contributed by atoms with E-state index in [9.17, 15) is 4.79 Å². The molecule has 5 heteroatoms. The van der Waals surface area contributed by atoms with Crippen LogP contribution >= 0.6 is 31.9 Å². The fourth-order valence-corrected chi connectivity index (χ4v) is 3.85. The second kappa shape index (κ2) is 8.60. The second-order valence-corrected chi connectivity index (χ2v) is 7.79. The van der Waals surface area contributed by atoms with Crippen molar-refractivity contribution in [3.05, 3.63) is 80.2 Å². The number of aryl methyl sites for hydroxylation is 1. The standard InChI is InChI=1S/C21H18Br2N2O/c1-14-19(22)11-16(12-20(14)23)13-24-25-21(26)9-7-15-6-8-17-4-2-3-5-18(17)10-15/h2-6,8,10-13H,7,9H2,1H3,(H,25,26)/b24-13+. The minimum atomic E-state index is -0.0975. The molecule has 0 atom stereocenters. The molecule has 0 aliphatic rings. The van der Waals surface area contributed by atoms with E-state index in [2.05, 4.69) is 72.7 Å². The maximum Gasteiger partial charge on any atom is 0.240 e. The van der Waals surface area contributed by atoms with E-state index in [0.717, 1.165) is 25.6 Å². The molecule has 0 saturated heterocycles. The zero-order valence-corrected chi connectivity index (χ0v) is 17.5. The van der Waals surface area contributed by atoms with E-state index in [1.54, 1.807) is 6.21 Å². The number of hydrazone groups is 1. The number of nitrogens with zero attached hydrogens (tertiary/aromatic N) is 1. The Balaban J connectivity index is 1.55. The lowest BCUT2D eigenvalue weighted by atomic mass is 10.0. The Kier molecular flexibility index (Phi) is 6.22. The summed E-state index contributed by atoms with van der Waals surface area (Å²) in [6, 6.07) is 18.4. The lowest BCUT2D eigenvalue weighted by molar-refractivity contribution is -0.121. The molecule has 1 amide bonds. The van der Waals surface area contributed by atoms with E-state index in [1.165, 1.54) is 10.8 Å². The van der Waals surface area contributed by atoms with Gasteiger partial charge in [-0.25, -0.2) is 5.43 Å². The summed E-state index contributed by atoms with van der Waals surface area (Å²) in [5.74, 6) is -0.0975. The van der Waals surface area contributed by atoms with Crippen LogP contribution < -0.4 is 5.43 Å². The normalized spacial score (nSPS) is 11.2. The van der Waals surface area contributed by atoms with E-state index in [4.69, 9.17) is 0 Å². The Labute approximate surface area is 169 Å². The van der Waals surface area contributed by atoms with E-state index in [-0.39, 0.29) is 5.91 Å². The summed E-state index contributed by atoms with van der Waals surface area (Å²) in [6.07, 6.45) is 2.73. The molecular formula is C21H18Br2N2O. The molecule has 0 spiro atoms. The minimum Gasteiger partial charge on any atom is -0.273 e. The fraction of sp³-hybridized carbons (Fsp3) is 0.143. The van der Waals surface area contributed by atoms with Gasteiger partial charge in [-0.3, -0.25) is 4.79 Å². The maximum atomic E-state index is 12.0. The highest BCUT2D eigenvalue weighted by Crippen LogP contribution is 2.25. The quantitative estimate of drug-likeness (QED) is 0.371. The van der Waals surface area contributed by atoms with E-state index in [0.29, 0.717) is 12.8 Å². The first kappa shape index (κ1) is 18.8. The Morgan fingerprint density at radius 2 is 1.73 bits per heavy atom. The second-order valence-electron chi connectivity index (χ2n) is 6.08. The van der Waals surface area contributed by atoms with Crippen molar-refractivity contribution in [3.63, 3.8) is 0 Å². The lowest BCUT2D eigenvalue weighted by Gasteiger charge is -2.04. The van der Waals surface area contributed by atoms with Crippen molar-refractivity contribution < 1.29 is 4.79 Å². The number of hydrogen-bond donors (Lipinski definition) is 1. The zero-order chi connectivity index (χ0) is 18.5. The monoisotopic (exact) mass is 472 g/mol. The average Bonchev–Trinajstić information content (AvgIpc) is 2.64. The van der Waals surface area contributed by atoms with Crippen molar-refractivity contribution in [2.24, 2.45) is 5.10 Å². The molecule has 0 heterocycles. The average molecular weight is 474 g/mol. The minimum absolute atomic E-state index is 0.0975. The molecule has 3 aromatic carbocycles. The fourth-order valence-electron chi connectivity index (χ4n) is 2.63. The Morgan fingerprint density at radius 1 is 1.04 bits per heavy atom. The van der Waals surface area contributed by atoms with Gasteiger partial charge in [0.25, 0.3) is 0 Å². The smallest absolute Gasteiger partial charge is 0.240 e. The van der Waals surface area contributed by atoms with Crippen LogP contribution in [0.1, 0.15) is 23.1 Å². The molecule has 3 rings (SSSR count). The van der Waals surface area contributed by atoms with Crippen molar-refractivity contribution in [1.29, 1.82) is 0 Å². The number of benzene rings is 3. The summed E-state index contributed by atoms with van der Waals surface area (Å²) in [5, 5.41) is 6.45. The molecule has 1 N–H and O–H groups in total. The van der Waals surface area contributed by atoms with Gasteiger partial charge < -0.3 is 0 Å². The van der Waals surface area contributed by atoms with Gasteiger partial charge in [0.1, 0.15) is 0 Å². The topological polar surface area (TPSA) is 41.5 Å². The van der Waals surface area contributed by atoms with Gasteiger partial charge >= 0.3 is 0 Å². The van der Waals surface area contributed by atoms with Crippen LogP contribution in [-0.2, 0) is 11.2 Å². The first-order valence-electron chi connectivity index (χ1n) is 8.28. The predicted octanol–water partition coefficient (Wildman–Crippen LogP) is 5.76. The van der Waals surface area contributed by atoms with Crippen molar-refractivity contribution in [3.8, 4) is 0 Å². The number of halogens is 2. The van der Waals surface area contributed by atoms with E-state index >= 15 is 0 Å². The summed E-state index contributed by atoms with van der Waals surface area (Å²) in [5.41, 5.74) is 5.77. The van der Waals surface area contributed by atoms with Gasteiger partial charge in [0, 0.05) is 15.4 Å². The summed E-state index contributed by atoms with van der Waals surface area (Å²) < 4.78 is 1.99. The highest BCUT2D eigenvalue weighted by Gasteiger charge is 2.04. The van der Waals surface area contributed by atoms with Crippen LogP contribution in [0.15, 0.2) is 68.6 Å². The predicted molar refractivity (Wildman–Crippen MR) is 115 cm³/mol. The van der Waals surface area contributed by atoms with Gasteiger partial charge in [0.05, 0.1) is 6.21 Å². The third-order valence-electron chi connectivity index (χ3n) is 4.16. The van der Waals surface area contributed by atoms with Gasteiger partial charge in [0.2, 0.25) is 5.91 Å². The number of carbonyl (C=O) groups is 1. The van der Waals surface area contributed by atoms with Crippen LogP contribution in [-0.4, -0.2) is 12.1 Å². The zero-order valence-electron chi connectivity index (χ0n) is 14.3. The third kappa shape index (κ3) is 4.80. The molecule has 0 aromatic heterocycles. The molecule has 3 aromatic rings. The Hall–Kier alpha value is -1.98. The maximum absolute atomic E-state index is 12.0. The molecule has 0 aliphatic carbocycles. The van der Waals surface area contributed by atoms with Crippen molar-refractivity contribution in [2.45, 2.75) is 19.8 Å². The summed E-state index contributed by atoms with van der Waals surface area (Å²) >= 11 is 7.01. The van der Waals surface area contributed by atoms with Gasteiger partial charge in [-0.1, -0.05) is 74.3 Å². The van der Waals surface area contributed by atoms with Crippen LogP contribution in [0.3, 0.4) is 0 Å². The van der Waals surface area contributed by atoms with Crippen molar-refractivity contribution >= 4 is 54.8 Å². The Morgan fingerprint density at radius 3 is 2.46 bits per heavy atom. The van der Waals surface area contributed by atoms with Gasteiger partial charge in [0.15, 0.2) is 0 Å². The van der Waals surface area contributed by atoms with E-state index < -0.39 is 0 Å². The molecule has 0 radical (unpaired) electrons. The molecule has 0 bridgehead atoms. The number of amides is 1. The third-order valence-corrected chi connectivity index (χ3v) is 5.81. The molecule has 0 unspecified atom stereocenters.